The number of hydrogen-bond donors (Lipinski definition) is 1. The number of nitrogens with one attached hydrogen (secondary N) is 1. The Labute approximate surface area is 122 Å². The standard InChI is InChI=1S/C13H16FNO5S/c1-20-13(17)8-9-15-12(16)7-4-10-2-5-11(6-3-10)21(14,18)19/h2-3,5-6H,4,7-9H2,1H3,(H,15,16). The van der Waals surface area contributed by atoms with Crippen molar-refractivity contribution in [2.24, 2.45) is 0 Å². The average Bonchev–Trinajstić information content (AvgIpc) is 2.44. The lowest BCUT2D eigenvalue weighted by Gasteiger charge is -2.05. The Hall–Kier alpha value is -1.96. The van der Waals surface area contributed by atoms with Crippen molar-refractivity contribution in [2.75, 3.05) is 13.7 Å². The van der Waals surface area contributed by atoms with Gasteiger partial charge in [0.2, 0.25) is 5.91 Å². The second kappa shape index (κ2) is 7.72. The molecule has 116 valence electrons. The van der Waals surface area contributed by atoms with Crippen LogP contribution in [0.5, 0.6) is 0 Å². The Balaban J connectivity index is 2.38. The minimum absolute atomic E-state index is 0.102. The highest BCUT2D eigenvalue weighted by atomic mass is 32.3. The smallest absolute Gasteiger partial charge is 0.332 e. The van der Waals surface area contributed by atoms with E-state index in [1.165, 1.54) is 19.2 Å². The Morgan fingerprint density at radius 1 is 1.19 bits per heavy atom. The molecule has 0 aliphatic rings. The first-order chi connectivity index (χ1) is 9.82. The van der Waals surface area contributed by atoms with Crippen molar-refractivity contribution in [2.45, 2.75) is 24.2 Å². The van der Waals surface area contributed by atoms with Gasteiger partial charge in [-0.3, -0.25) is 9.59 Å². The molecule has 1 aromatic carbocycles. The normalized spacial score (nSPS) is 11.0. The van der Waals surface area contributed by atoms with Crippen LogP contribution >= 0.6 is 0 Å². The summed E-state index contributed by atoms with van der Waals surface area (Å²) < 4.78 is 38.4. The highest BCUT2D eigenvalue weighted by Gasteiger charge is 2.11. The van der Waals surface area contributed by atoms with E-state index in [9.17, 15) is 21.9 Å². The lowest BCUT2D eigenvalue weighted by Crippen LogP contribution is -2.26. The maximum absolute atomic E-state index is 12.7. The number of carbonyl (C=O) groups is 2. The van der Waals surface area contributed by atoms with E-state index in [0.717, 1.165) is 12.1 Å². The monoisotopic (exact) mass is 317 g/mol. The van der Waals surface area contributed by atoms with Gasteiger partial charge in [-0.1, -0.05) is 12.1 Å². The van der Waals surface area contributed by atoms with Crippen LogP contribution in [0.4, 0.5) is 3.89 Å². The van der Waals surface area contributed by atoms with Gasteiger partial charge >= 0.3 is 16.2 Å². The fraction of sp³-hybridized carbons (Fsp3) is 0.385. The number of halogens is 1. The number of carbonyl (C=O) groups excluding carboxylic acids is 2. The number of esters is 1. The molecule has 0 aliphatic heterocycles. The van der Waals surface area contributed by atoms with Gasteiger partial charge in [0.1, 0.15) is 0 Å². The van der Waals surface area contributed by atoms with Crippen molar-refractivity contribution in [3.05, 3.63) is 29.8 Å². The molecule has 0 radical (unpaired) electrons. The second-order valence-electron chi connectivity index (χ2n) is 4.26. The molecule has 0 bridgehead atoms. The predicted molar refractivity (Wildman–Crippen MR) is 72.7 cm³/mol. The molecule has 1 N–H and O–H groups in total. The second-order valence-corrected chi connectivity index (χ2v) is 5.60. The zero-order valence-electron chi connectivity index (χ0n) is 11.5. The van der Waals surface area contributed by atoms with Gasteiger partial charge in [-0.05, 0) is 24.1 Å². The van der Waals surface area contributed by atoms with Crippen molar-refractivity contribution in [3.63, 3.8) is 0 Å². The van der Waals surface area contributed by atoms with E-state index in [1.54, 1.807) is 0 Å². The van der Waals surface area contributed by atoms with Crippen molar-refractivity contribution < 1.29 is 26.6 Å². The van der Waals surface area contributed by atoms with Crippen LogP contribution in [0.2, 0.25) is 0 Å². The van der Waals surface area contributed by atoms with Crippen LogP contribution < -0.4 is 5.32 Å². The zero-order valence-corrected chi connectivity index (χ0v) is 12.3. The van der Waals surface area contributed by atoms with Gasteiger partial charge in [-0.2, -0.15) is 8.42 Å². The molecule has 1 amide bonds. The molecule has 0 saturated carbocycles. The molecule has 0 heterocycles. The summed E-state index contributed by atoms with van der Waals surface area (Å²) in [5, 5.41) is 2.56. The number of rotatable bonds is 7. The van der Waals surface area contributed by atoms with E-state index < -0.39 is 21.1 Å². The first kappa shape index (κ1) is 17.1. The third-order valence-electron chi connectivity index (χ3n) is 2.72. The summed E-state index contributed by atoms with van der Waals surface area (Å²) in [7, 11) is -3.43. The molecule has 6 nitrogen and oxygen atoms in total. The number of aryl methyl sites for hydroxylation is 1. The highest BCUT2D eigenvalue weighted by Crippen LogP contribution is 2.13. The third-order valence-corrected chi connectivity index (χ3v) is 3.56. The summed E-state index contributed by atoms with van der Waals surface area (Å²) in [5.41, 5.74) is 0.713. The molecular weight excluding hydrogens is 301 g/mol. The molecule has 0 unspecified atom stereocenters. The summed E-state index contributed by atoms with van der Waals surface area (Å²) in [6, 6.07) is 5.21. The molecule has 21 heavy (non-hydrogen) atoms. The van der Waals surface area contributed by atoms with Crippen molar-refractivity contribution >= 4 is 22.1 Å². The topological polar surface area (TPSA) is 89.5 Å². The van der Waals surface area contributed by atoms with E-state index in [-0.39, 0.29) is 25.3 Å². The number of benzene rings is 1. The van der Waals surface area contributed by atoms with Crippen LogP contribution in [0.25, 0.3) is 0 Å². The average molecular weight is 317 g/mol. The van der Waals surface area contributed by atoms with Crippen LogP contribution in [0.1, 0.15) is 18.4 Å². The van der Waals surface area contributed by atoms with E-state index >= 15 is 0 Å². The maximum atomic E-state index is 12.7. The summed E-state index contributed by atoms with van der Waals surface area (Å²) in [4.78, 5) is 21.9. The van der Waals surface area contributed by atoms with E-state index in [0.29, 0.717) is 12.0 Å². The first-order valence-electron chi connectivity index (χ1n) is 6.20. The van der Waals surface area contributed by atoms with E-state index in [1.807, 2.05) is 0 Å². The van der Waals surface area contributed by atoms with Crippen molar-refractivity contribution in [3.8, 4) is 0 Å². The quantitative estimate of drug-likeness (QED) is 0.597. The van der Waals surface area contributed by atoms with E-state index in [2.05, 4.69) is 10.1 Å². The third kappa shape index (κ3) is 6.35. The van der Waals surface area contributed by atoms with Gasteiger partial charge in [0, 0.05) is 13.0 Å². The van der Waals surface area contributed by atoms with Crippen molar-refractivity contribution in [1.82, 2.24) is 5.32 Å². The fourth-order valence-corrected chi connectivity index (χ4v) is 2.03. The molecule has 1 aromatic rings. The first-order valence-corrected chi connectivity index (χ1v) is 7.58. The van der Waals surface area contributed by atoms with Crippen LogP contribution in [-0.4, -0.2) is 33.9 Å². The predicted octanol–water partition coefficient (Wildman–Crippen LogP) is 0.957. The lowest BCUT2D eigenvalue weighted by molar-refractivity contribution is -0.140. The highest BCUT2D eigenvalue weighted by molar-refractivity contribution is 7.86. The van der Waals surface area contributed by atoms with Gasteiger partial charge in [-0.15, -0.1) is 3.89 Å². The van der Waals surface area contributed by atoms with Crippen LogP contribution in [0, 0.1) is 0 Å². The molecule has 0 saturated heterocycles. The molecule has 0 fully saturated rings. The molecule has 0 atom stereocenters. The van der Waals surface area contributed by atoms with Gasteiger partial charge < -0.3 is 10.1 Å². The van der Waals surface area contributed by atoms with Gasteiger partial charge in [0.25, 0.3) is 0 Å². The van der Waals surface area contributed by atoms with E-state index in [4.69, 9.17) is 0 Å². The molecular formula is C13H16FNO5S. The number of ether oxygens (including phenoxy) is 1. The molecule has 8 heteroatoms. The Bertz CT molecular complexity index is 597. The Morgan fingerprint density at radius 2 is 1.81 bits per heavy atom. The molecule has 0 aromatic heterocycles. The Morgan fingerprint density at radius 3 is 2.33 bits per heavy atom. The fourth-order valence-electron chi connectivity index (χ4n) is 1.57. The van der Waals surface area contributed by atoms with Gasteiger partial charge in [0.05, 0.1) is 18.4 Å². The van der Waals surface area contributed by atoms with Gasteiger partial charge in [-0.25, -0.2) is 0 Å². The molecule has 0 aliphatic carbocycles. The minimum Gasteiger partial charge on any atom is -0.469 e. The maximum Gasteiger partial charge on any atom is 0.332 e. The van der Waals surface area contributed by atoms with Crippen LogP contribution in [-0.2, 0) is 31.0 Å². The number of hydrogen-bond acceptors (Lipinski definition) is 5. The molecule has 1 rings (SSSR count). The minimum atomic E-state index is -4.70. The number of amides is 1. The van der Waals surface area contributed by atoms with Crippen molar-refractivity contribution in [1.29, 1.82) is 0 Å². The summed E-state index contributed by atoms with van der Waals surface area (Å²) in [5.74, 6) is -0.639. The van der Waals surface area contributed by atoms with Crippen LogP contribution in [0.15, 0.2) is 29.2 Å². The SMILES string of the molecule is COC(=O)CCNC(=O)CCc1ccc(S(=O)(=O)F)cc1. The van der Waals surface area contributed by atoms with Gasteiger partial charge in [0.15, 0.2) is 0 Å². The number of methoxy groups -OCH3 is 1. The Kier molecular flexibility index (Phi) is 6.29. The zero-order chi connectivity index (χ0) is 15.9. The summed E-state index contributed by atoms with van der Waals surface area (Å²) in [6.07, 6.45) is 0.671. The summed E-state index contributed by atoms with van der Waals surface area (Å²) in [6.45, 7) is 0.199. The summed E-state index contributed by atoms with van der Waals surface area (Å²) >= 11 is 0. The molecule has 0 spiro atoms. The lowest BCUT2D eigenvalue weighted by atomic mass is 10.1. The largest absolute Gasteiger partial charge is 0.469 e. The van der Waals surface area contributed by atoms with Crippen LogP contribution in [0.3, 0.4) is 0 Å².